The molecule has 0 aliphatic heterocycles. The summed E-state index contributed by atoms with van der Waals surface area (Å²) in [5.74, 6) is -0.387. The van der Waals surface area contributed by atoms with E-state index in [0.29, 0.717) is 16.3 Å². The highest BCUT2D eigenvalue weighted by molar-refractivity contribution is 7.93. The van der Waals surface area contributed by atoms with Gasteiger partial charge in [0.25, 0.3) is 0 Å². The Morgan fingerprint density at radius 1 is 1.56 bits per heavy atom. The SMILES string of the molecule is C=CC(=O)Nc1cc(S(=N)(=O)C2CC2)ccc1N. The van der Waals surface area contributed by atoms with E-state index in [9.17, 15) is 9.00 Å². The largest absolute Gasteiger partial charge is 0.397 e. The van der Waals surface area contributed by atoms with Crippen LogP contribution in [0.5, 0.6) is 0 Å². The van der Waals surface area contributed by atoms with Gasteiger partial charge in [-0.3, -0.25) is 4.79 Å². The molecule has 1 unspecified atom stereocenters. The molecule has 6 heteroatoms. The minimum absolute atomic E-state index is 0.0657. The average molecular weight is 265 g/mol. The zero-order valence-electron chi connectivity index (χ0n) is 9.81. The van der Waals surface area contributed by atoms with E-state index in [1.807, 2.05) is 0 Å². The third-order valence-corrected chi connectivity index (χ3v) is 5.18. The standard InChI is InChI=1S/C12H15N3O2S/c1-2-12(16)15-11-7-9(5-6-10(11)13)18(14,17)8-3-4-8/h2,5-8,14H,1,3-4,13H2,(H,15,16). The van der Waals surface area contributed by atoms with Gasteiger partial charge < -0.3 is 11.1 Å². The second-order valence-electron chi connectivity index (χ2n) is 4.24. The van der Waals surface area contributed by atoms with Gasteiger partial charge in [-0.05, 0) is 37.1 Å². The molecule has 0 aromatic heterocycles. The van der Waals surface area contributed by atoms with E-state index < -0.39 is 9.73 Å². The number of benzene rings is 1. The summed E-state index contributed by atoms with van der Waals surface area (Å²) < 4.78 is 20.2. The van der Waals surface area contributed by atoms with Crippen LogP contribution in [-0.2, 0) is 14.5 Å². The summed E-state index contributed by atoms with van der Waals surface area (Å²) in [6.07, 6.45) is 2.77. The predicted molar refractivity (Wildman–Crippen MR) is 71.8 cm³/mol. The van der Waals surface area contributed by atoms with E-state index in [4.69, 9.17) is 10.5 Å². The molecule has 1 aliphatic carbocycles. The quantitative estimate of drug-likeness (QED) is 0.573. The minimum Gasteiger partial charge on any atom is -0.397 e. The highest BCUT2D eigenvalue weighted by Gasteiger charge is 2.33. The topological polar surface area (TPSA) is 96.0 Å². The molecular weight excluding hydrogens is 250 g/mol. The number of hydrogen-bond donors (Lipinski definition) is 3. The van der Waals surface area contributed by atoms with Crippen LogP contribution < -0.4 is 11.1 Å². The van der Waals surface area contributed by atoms with Gasteiger partial charge in [-0.2, -0.15) is 0 Å². The lowest BCUT2D eigenvalue weighted by Gasteiger charge is -2.11. The molecule has 0 saturated heterocycles. The Bertz CT molecular complexity index is 604. The fourth-order valence-electron chi connectivity index (χ4n) is 1.61. The van der Waals surface area contributed by atoms with Crippen molar-refractivity contribution in [2.75, 3.05) is 11.1 Å². The summed E-state index contributed by atoms with van der Waals surface area (Å²) in [6, 6.07) is 4.67. The zero-order chi connectivity index (χ0) is 13.3. The zero-order valence-corrected chi connectivity index (χ0v) is 10.6. The molecule has 0 bridgehead atoms. The van der Waals surface area contributed by atoms with Crippen LogP contribution in [-0.4, -0.2) is 15.4 Å². The van der Waals surface area contributed by atoms with Crippen molar-refractivity contribution in [2.45, 2.75) is 23.0 Å². The first kappa shape index (κ1) is 12.6. The summed E-state index contributed by atoms with van der Waals surface area (Å²) in [6.45, 7) is 3.35. The van der Waals surface area contributed by atoms with E-state index in [1.165, 1.54) is 6.07 Å². The fourth-order valence-corrected chi connectivity index (χ4v) is 3.36. The van der Waals surface area contributed by atoms with Crippen molar-refractivity contribution in [3.8, 4) is 0 Å². The number of carbonyl (C=O) groups is 1. The van der Waals surface area contributed by atoms with Crippen molar-refractivity contribution in [3.63, 3.8) is 0 Å². The van der Waals surface area contributed by atoms with E-state index in [2.05, 4.69) is 11.9 Å². The van der Waals surface area contributed by atoms with Crippen molar-refractivity contribution in [1.29, 1.82) is 4.78 Å². The van der Waals surface area contributed by atoms with E-state index in [-0.39, 0.29) is 11.2 Å². The Kier molecular flexibility index (Phi) is 3.13. The Morgan fingerprint density at radius 3 is 2.78 bits per heavy atom. The van der Waals surface area contributed by atoms with Gasteiger partial charge in [-0.25, -0.2) is 8.99 Å². The number of nitrogen functional groups attached to an aromatic ring is 1. The lowest BCUT2D eigenvalue weighted by molar-refractivity contribution is -0.111. The van der Waals surface area contributed by atoms with Crippen molar-refractivity contribution < 1.29 is 9.00 Å². The number of nitrogens with two attached hydrogens (primary N) is 1. The maximum Gasteiger partial charge on any atom is 0.247 e. The molecule has 0 radical (unpaired) electrons. The molecule has 1 aromatic carbocycles. The first-order valence-electron chi connectivity index (χ1n) is 5.55. The maximum absolute atomic E-state index is 12.3. The van der Waals surface area contributed by atoms with Gasteiger partial charge in [-0.15, -0.1) is 0 Å². The van der Waals surface area contributed by atoms with Gasteiger partial charge in [0.15, 0.2) is 0 Å². The molecule has 1 fully saturated rings. The third kappa shape index (κ3) is 2.38. The highest BCUT2D eigenvalue weighted by Crippen LogP contribution is 2.35. The molecule has 0 spiro atoms. The van der Waals surface area contributed by atoms with Gasteiger partial charge in [-0.1, -0.05) is 6.58 Å². The number of nitrogens with one attached hydrogen (secondary N) is 2. The Hall–Kier alpha value is -1.82. The summed E-state index contributed by atoms with van der Waals surface area (Å²) in [7, 11) is -2.78. The van der Waals surface area contributed by atoms with Crippen LogP contribution in [0, 0.1) is 4.78 Å². The summed E-state index contributed by atoms with van der Waals surface area (Å²) in [5.41, 5.74) is 6.47. The van der Waals surface area contributed by atoms with Gasteiger partial charge in [0.1, 0.15) is 0 Å². The van der Waals surface area contributed by atoms with Crippen LogP contribution in [0.4, 0.5) is 11.4 Å². The summed E-state index contributed by atoms with van der Waals surface area (Å²) >= 11 is 0. The first-order valence-corrected chi connectivity index (χ1v) is 7.18. The van der Waals surface area contributed by atoms with Crippen LogP contribution in [0.3, 0.4) is 0 Å². The highest BCUT2D eigenvalue weighted by atomic mass is 32.2. The molecule has 1 amide bonds. The second kappa shape index (κ2) is 4.45. The number of anilines is 2. The molecule has 1 aliphatic rings. The molecule has 1 atom stereocenters. The molecule has 1 saturated carbocycles. The number of hydrogen-bond acceptors (Lipinski definition) is 4. The smallest absolute Gasteiger partial charge is 0.247 e. The van der Waals surface area contributed by atoms with Gasteiger partial charge in [0.05, 0.1) is 21.1 Å². The van der Waals surface area contributed by atoms with Crippen LogP contribution in [0.1, 0.15) is 12.8 Å². The first-order chi connectivity index (χ1) is 8.45. The van der Waals surface area contributed by atoms with E-state index in [1.54, 1.807) is 12.1 Å². The van der Waals surface area contributed by atoms with Crippen molar-refractivity contribution >= 4 is 27.0 Å². The normalized spacial score (nSPS) is 17.8. The lowest BCUT2D eigenvalue weighted by Crippen LogP contribution is -2.11. The van der Waals surface area contributed by atoms with Gasteiger partial charge >= 0.3 is 0 Å². The Balaban J connectivity index is 2.37. The van der Waals surface area contributed by atoms with E-state index >= 15 is 0 Å². The van der Waals surface area contributed by atoms with Crippen molar-refractivity contribution in [3.05, 3.63) is 30.9 Å². The molecule has 96 valence electrons. The maximum atomic E-state index is 12.3. The molecule has 4 N–H and O–H groups in total. The fraction of sp³-hybridized carbons (Fsp3) is 0.250. The Morgan fingerprint density at radius 2 is 2.22 bits per heavy atom. The van der Waals surface area contributed by atoms with Crippen LogP contribution >= 0.6 is 0 Å². The van der Waals surface area contributed by atoms with Crippen LogP contribution in [0.25, 0.3) is 0 Å². The number of rotatable bonds is 4. The average Bonchev–Trinajstić information content (AvgIpc) is 3.15. The summed E-state index contributed by atoms with van der Waals surface area (Å²) in [4.78, 5) is 11.7. The predicted octanol–water partition coefficient (Wildman–Crippen LogP) is 1.96. The monoisotopic (exact) mass is 265 g/mol. The van der Waals surface area contributed by atoms with Crippen molar-refractivity contribution in [2.24, 2.45) is 0 Å². The van der Waals surface area contributed by atoms with Crippen LogP contribution in [0.2, 0.25) is 0 Å². The molecule has 1 aromatic rings. The van der Waals surface area contributed by atoms with Crippen LogP contribution in [0.15, 0.2) is 35.7 Å². The minimum atomic E-state index is -2.78. The molecule has 5 nitrogen and oxygen atoms in total. The number of carbonyl (C=O) groups excluding carboxylic acids is 1. The van der Waals surface area contributed by atoms with E-state index in [0.717, 1.165) is 18.9 Å². The molecule has 18 heavy (non-hydrogen) atoms. The molecule has 0 heterocycles. The van der Waals surface area contributed by atoms with Gasteiger partial charge in [0.2, 0.25) is 5.91 Å². The second-order valence-corrected chi connectivity index (χ2v) is 6.58. The van der Waals surface area contributed by atoms with Gasteiger partial charge in [0, 0.05) is 10.1 Å². The molecular formula is C12H15N3O2S. The van der Waals surface area contributed by atoms with Crippen molar-refractivity contribution in [1.82, 2.24) is 0 Å². The third-order valence-electron chi connectivity index (χ3n) is 2.81. The lowest BCUT2D eigenvalue weighted by atomic mass is 10.2. The molecule has 2 rings (SSSR count). The summed E-state index contributed by atoms with van der Waals surface area (Å²) in [5, 5.41) is 2.48. The Labute approximate surface area is 106 Å². The number of amides is 1.